The lowest BCUT2D eigenvalue weighted by molar-refractivity contribution is -0.146. The Morgan fingerprint density at radius 1 is 1.29 bits per heavy atom. The third-order valence-corrected chi connectivity index (χ3v) is 8.82. The summed E-state index contributed by atoms with van der Waals surface area (Å²) in [6.07, 6.45) is 5.89. The number of hydrogen-bond donors (Lipinski definition) is 0. The third kappa shape index (κ3) is 3.82. The molecule has 5 rings (SSSR count). The second kappa shape index (κ2) is 7.95. The van der Waals surface area contributed by atoms with Crippen molar-refractivity contribution in [3.63, 3.8) is 0 Å². The quantitative estimate of drug-likeness (QED) is 0.516. The van der Waals surface area contributed by atoms with E-state index in [0.29, 0.717) is 17.9 Å². The zero-order chi connectivity index (χ0) is 21.8. The number of aryl methyl sites for hydroxylation is 1. The SMILES string of the molecule is C=C1CCC[C@]2(C)C[C@H]3OC(=O)C(CN4CCN(c5cccc(C)c5)C(C)C4)[C@H]3C[C@@H]12. The predicted molar refractivity (Wildman–Crippen MR) is 125 cm³/mol. The maximum Gasteiger partial charge on any atom is 0.310 e. The Morgan fingerprint density at radius 3 is 2.90 bits per heavy atom. The summed E-state index contributed by atoms with van der Waals surface area (Å²) >= 11 is 0. The second-order valence-electron chi connectivity index (χ2n) is 11.0. The van der Waals surface area contributed by atoms with Crippen molar-refractivity contribution in [1.82, 2.24) is 4.90 Å². The van der Waals surface area contributed by atoms with Gasteiger partial charge >= 0.3 is 5.97 Å². The van der Waals surface area contributed by atoms with Crippen molar-refractivity contribution in [2.45, 2.75) is 65.0 Å². The highest BCUT2D eigenvalue weighted by Gasteiger charge is 2.55. The zero-order valence-corrected chi connectivity index (χ0v) is 19.5. The Bertz CT molecular complexity index is 867. The molecule has 0 radical (unpaired) electrons. The number of ether oxygens (including phenoxy) is 1. The number of carbonyl (C=O) groups excluding carboxylic acids is 1. The monoisotopic (exact) mass is 422 g/mol. The molecule has 0 aromatic heterocycles. The van der Waals surface area contributed by atoms with Crippen molar-refractivity contribution in [2.75, 3.05) is 31.1 Å². The van der Waals surface area contributed by atoms with Crippen molar-refractivity contribution >= 4 is 11.7 Å². The number of fused-ring (bicyclic) bond motifs is 2. The summed E-state index contributed by atoms with van der Waals surface area (Å²) in [4.78, 5) is 17.9. The Morgan fingerprint density at radius 2 is 2.13 bits per heavy atom. The van der Waals surface area contributed by atoms with Gasteiger partial charge in [0.2, 0.25) is 0 Å². The first kappa shape index (κ1) is 21.1. The molecule has 6 atom stereocenters. The highest BCUT2D eigenvalue weighted by atomic mass is 16.6. The lowest BCUT2D eigenvalue weighted by Gasteiger charge is -2.50. The van der Waals surface area contributed by atoms with Gasteiger partial charge in [-0.25, -0.2) is 0 Å². The molecule has 4 aliphatic rings. The molecule has 2 saturated heterocycles. The van der Waals surface area contributed by atoms with E-state index in [0.717, 1.165) is 45.4 Å². The van der Waals surface area contributed by atoms with Gasteiger partial charge in [-0.05, 0) is 75.0 Å². The van der Waals surface area contributed by atoms with E-state index in [9.17, 15) is 4.79 Å². The van der Waals surface area contributed by atoms with Gasteiger partial charge in [-0.2, -0.15) is 0 Å². The fraction of sp³-hybridized carbons (Fsp3) is 0.667. The minimum atomic E-state index is 0.0296. The van der Waals surface area contributed by atoms with Crippen molar-refractivity contribution in [1.29, 1.82) is 0 Å². The van der Waals surface area contributed by atoms with Crippen molar-refractivity contribution in [2.24, 2.45) is 23.2 Å². The molecule has 2 unspecified atom stereocenters. The molecule has 4 fully saturated rings. The second-order valence-corrected chi connectivity index (χ2v) is 11.0. The van der Waals surface area contributed by atoms with Crippen LogP contribution < -0.4 is 4.90 Å². The number of carbonyl (C=O) groups is 1. The van der Waals surface area contributed by atoms with Gasteiger partial charge < -0.3 is 9.64 Å². The third-order valence-electron chi connectivity index (χ3n) is 8.82. The molecule has 4 nitrogen and oxygen atoms in total. The zero-order valence-electron chi connectivity index (χ0n) is 19.5. The highest BCUT2D eigenvalue weighted by molar-refractivity contribution is 5.75. The van der Waals surface area contributed by atoms with Gasteiger partial charge in [-0.3, -0.25) is 9.69 Å². The van der Waals surface area contributed by atoms with E-state index < -0.39 is 0 Å². The number of rotatable bonds is 3. The summed E-state index contributed by atoms with van der Waals surface area (Å²) in [6, 6.07) is 9.24. The molecule has 31 heavy (non-hydrogen) atoms. The van der Waals surface area contributed by atoms with E-state index in [2.05, 4.69) is 61.4 Å². The topological polar surface area (TPSA) is 32.8 Å². The summed E-state index contributed by atoms with van der Waals surface area (Å²) in [6.45, 7) is 15.2. The molecule has 1 aromatic carbocycles. The van der Waals surface area contributed by atoms with Crippen LogP contribution in [0.5, 0.6) is 0 Å². The predicted octanol–water partition coefficient (Wildman–Crippen LogP) is 4.82. The van der Waals surface area contributed by atoms with Crippen molar-refractivity contribution < 1.29 is 9.53 Å². The average molecular weight is 423 g/mol. The molecule has 2 aliphatic carbocycles. The molecule has 0 N–H and O–H groups in total. The number of allylic oxidation sites excluding steroid dienone is 1. The van der Waals surface area contributed by atoms with E-state index in [1.54, 1.807) is 0 Å². The van der Waals surface area contributed by atoms with Crippen LogP contribution in [0.25, 0.3) is 0 Å². The highest BCUT2D eigenvalue weighted by Crippen LogP contribution is 2.57. The molecule has 0 bridgehead atoms. The summed E-state index contributed by atoms with van der Waals surface area (Å²) < 4.78 is 5.99. The minimum absolute atomic E-state index is 0.0296. The van der Waals surface area contributed by atoms with Crippen molar-refractivity contribution in [3.05, 3.63) is 42.0 Å². The van der Waals surface area contributed by atoms with Gasteiger partial charge in [0, 0.05) is 43.8 Å². The van der Waals surface area contributed by atoms with Crippen LogP contribution >= 0.6 is 0 Å². The molecule has 2 saturated carbocycles. The smallest absolute Gasteiger partial charge is 0.310 e. The number of piperazine rings is 1. The Labute approximate surface area is 187 Å². The van der Waals surface area contributed by atoms with Gasteiger partial charge in [0.25, 0.3) is 0 Å². The Hall–Kier alpha value is -1.81. The fourth-order valence-corrected chi connectivity index (χ4v) is 7.13. The lowest BCUT2D eigenvalue weighted by atomic mass is 9.55. The summed E-state index contributed by atoms with van der Waals surface area (Å²) in [5.41, 5.74) is 4.32. The molecular weight excluding hydrogens is 384 g/mol. The minimum Gasteiger partial charge on any atom is -0.462 e. The van der Waals surface area contributed by atoms with E-state index in [-0.39, 0.29) is 23.4 Å². The first-order valence-corrected chi connectivity index (χ1v) is 12.3. The number of benzene rings is 1. The normalized spacial score (nSPS) is 38.5. The number of anilines is 1. The van der Waals surface area contributed by atoms with Gasteiger partial charge in [0.15, 0.2) is 0 Å². The van der Waals surface area contributed by atoms with E-state index in [4.69, 9.17) is 4.74 Å². The summed E-state index contributed by atoms with van der Waals surface area (Å²) in [5, 5.41) is 0. The van der Waals surface area contributed by atoms with Gasteiger partial charge in [0.1, 0.15) is 6.10 Å². The van der Waals surface area contributed by atoms with E-state index in [1.807, 2.05) is 0 Å². The van der Waals surface area contributed by atoms with E-state index >= 15 is 0 Å². The van der Waals surface area contributed by atoms with Crippen LogP contribution in [0.15, 0.2) is 36.4 Å². The van der Waals surface area contributed by atoms with Crippen molar-refractivity contribution in [3.8, 4) is 0 Å². The largest absolute Gasteiger partial charge is 0.462 e. The molecule has 0 amide bonds. The van der Waals surface area contributed by atoms with Crippen LogP contribution in [0, 0.1) is 30.1 Å². The average Bonchev–Trinajstić information content (AvgIpc) is 3.00. The maximum atomic E-state index is 12.9. The van der Waals surface area contributed by atoms with Crippen LogP contribution in [-0.4, -0.2) is 49.2 Å². The molecule has 4 heteroatoms. The molecule has 1 aromatic rings. The molecule has 2 heterocycles. The van der Waals surface area contributed by atoms with E-state index in [1.165, 1.54) is 29.7 Å². The van der Waals surface area contributed by atoms with Crippen LogP contribution in [0.4, 0.5) is 5.69 Å². The Balaban J connectivity index is 1.25. The van der Waals surface area contributed by atoms with Crippen LogP contribution in [0.3, 0.4) is 0 Å². The van der Waals surface area contributed by atoms with Crippen LogP contribution in [0.1, 0.15) is 51.5 Å². The first-order chi connectivity index (χ1) is 14.8. The Kier molecular flexibility index (Phi) is 5.40. The molecule has 168 valence electrons. The lowest BCUT2D eigenvalue weighted by Crippen LogP contribution is -2.54. The first-order valence-electron chi connectivity index (χ1n) is 12.3. The number of esters is 1. The summed E-state index contributed by atoms with van der Waals surface area (Å²) in [7, 11) is 0. The molecule has 2 aliphatic heterocycles. The standard InChI is InChI=1S/C27H38N2O2/c1-18-7-5-9-21(13-18)29-12-11-28(16-20(29)3)17-23-22-14-24-19(2)8-6-10-27(24,4)15-25(22)31-26(23)30/h5,7,9,13,20,22-25H,2,6,8,10-12,14-17H2,1,3-4H3/t20?,22-,23?,24+,25-,27-/m1/s1. The number of nitrogens with zero attached hydrogens (tertiary/aromatic N) is 2. The maximum absolute atomic E-state index is 12.9. The van der Waals surface area contributed by atoms with Crippen LogP contribution in [-0.2, 0) is 9.53 Å². The fourth-order valence-electron chi connectivity index (χ4n) is 7.13. The van der Waals surface area contributed by atoms with Gasteiger partial charge in [0.05, 0.1) is 5.92 Å². The van der Waals surface area contributed by atoms with Gasteiger partial charge in [-0.15, -0.1) is 0 Å². The molecule has 0 spiro atoms. The number of hydrogen-bond acceptors (Lipinski definition) is 4. The van der Waals surface area contributed by atoms with Crippen LogP contribution in [0.2, 0.25) is 0 Å². The summed E-state index contributed by atoms with van der Waals surface area (Å²) in [5.74, 6) is 1.01. The molecular formula is C27H38N2O2. The van der Waals surface area contributed by atoms with Gasteiger partial charge in [-0.1, -0.05) is 31.2 Å².